The summed E-state index contributed by atoms with van der Waals surface area (Å²) in [6, 6.07) is 2.11. The molecule has 0 aromatic carbocycles. The molecule has 0 amide bonds. The molecule has 0 saturated heterocycles. The average Bonchev–Trinajstić information content (AvgIpc) is 2.17. The van der Waals surface area contributed by atoms with Gasteiger partial charge in [-0.3, -0.25) is 0 Å². The summed E-state index contributed by atoms with van der Waals surface area (Å²) in [6.07, 6.45) is 8.03. The van der Waals surface area contributed by atoms with Crippen LogP contribution in [0.1, 0.15) is 25.0 Å². The highest BCUT2D eigenvalue weighted by Gasteiger charge is 1.96. The first-order valence-electron chi connectivity index (χ1n) is 4.13. The summed E-state index contributed by atoms with van der Waals surface area (Å²) in [5, 5.41) is 1.28. The summed E-state index contributed by atoms with van der Waals surface area (Å²) in [4.78, 5) is 0. The van der Waals surface area contributed by atoms with Gasteiger partial charge in [0, 0.05) is 5.22 Å². The molecule has 1 aromatic heterocycles. The molecule has 0 aliphatic heterocycles. The second kappa shape index (κ2) is 2.57. The van der Waals surface area contributed by atoms with Gasteiger partial charge >= 0.3 is 0 Å². The highest BCUT2D eigenvalue weighted by molar-refractivity contribution is 5.31. The Balaban J connectivity index is 2.71. The van der Waals surface area contributed by atoms with E-state index in [0.717, 1.165) is 17.6 Å². The van der Waals surface area contributed by atoms with Crippen LogP contribution in [0.25, 0.3) is 12.2 Å². The van der Waals surface area contributed by atoms with Crippen LogP contribution in [0.4, 0.5) is 0 Å². The molecule has 0 saturated carbocycles. The third kappa shape index (κ3) is 1.23. The molecule has 1 nitrogen and oxygen atoms in total. The van der Waals surface area contributed by atoms with Crippen LogP contribution in [0.3, 0.4) is 0 Å². The Kier molecular flexibility index (Phi) is 1.57. The van der Waals surface area contributed by atoms with Crippen molar-refractivity contribution in [3.8, 4) is 0 Å². The number of hydrogen-bond donors (Lipinski definition) is 0. The van der Waals surface area contributed by atoms with E-state index in [4.69, 9.17) is 4.42 Å². The molecular weight excluding hydrogens is 136 g/mol. The van der Waals surface area contributed by atoms with E-state index in [1.807, 2.05) is 6.92 Å². The van der Waals surface area contributed by atoms with E-state index in [1.165, 1.54) is 18.1 Å². The van der Waals surface area contributed by atoms with Gasteiger partial charge in [0.15, 0.2) is 0 Å². The highest BCUT2D eigenvalue weighted by atomic mass is 16.3. The van der Waals surface area contributed by atoms with Crippen molar-refractivity contribution in [3.63, 3.8) is 0 Å². The number of fused-ring (bicyclic) bond motifs is 1. The fourth-order valence-electron chi connectivity index (χ4n) is 1.48. The maximum atomic E-state index is 5.50. The lowest BCUT2D eigenvalue weighted by Gasteiger charge is -1.83. The number of rotatable bonds is 0. The maximum absolute atomic E-state index is 5.50. The highest BCUT2D eigenvalue weighted by Crippen LogP contribution is 2.00. The molecule has 0 spiro atoms. The third-order valence-electron chi connectivity index (χ3n) is 2.02. The fraction of sp³-hybridized carbons (Fsp3) is 0.400. The lowest BCUT2D eigenvalue weighted by Crippen LogP contribution is -2.17. The first kappa shape index (κ1) is 6.71. The SMILES string of the molecule is Cc1cc2c(o1)=CCCCC=2. The zero-order chi connectivity index (χ0) is 7.68. The minimum absolute atomic E-state index is 1.02. The zero-order valence-corrected chi connectivity index (χ0v) is 6.76. The summed E-state index contributed by atoms with van der Waals surface area (Å²) >= 11 is 0. The van der Waals surface area contributed by atoms with Gasteiger partial charge in [0.2, 0.25) is 0 Å². The lowest BCUT2D eigenvalue weighted by atomic mass is 10.2. The zero-order valence-electron chi connectivity index (χ0n) is 6.76. The Morgan fingerprint density at radius 2 is 2.09 bits per heavy atom. The largest absolute Gasteiger partial charge is 0.462 e. The molecule has 58 valence electrons. The van der Waals surface area contributed by atoms with Crippen molar-refractivity contribution in [1.29, 1.82) is 0 Å². The molecule has 0 unspecified atom stereocenters. The standard InChI is InChI=1S/C10H12O/c1-8-7-9-5-3-2-4-6-10(9)11-8/h5-7H,2-4H2,1H3. The normalized spacial score (nSPS) is 16.1. The van der Waals surface area contributed by atoms with Crippen molar-refractivity contribution in [3.05, 3.63) is 22.5 Å². The van der Waals surface area contributed by atoms with Crippen molar-refractivity contribution < 1.29 is 4.42 Å². The Hall–Kier alpha value is -0.980. The molecule has 0 radical (unpaired) electrons. The Morgan fingerprint density at radius 3 is 3.00 bits per heavy atom. The van der Waals surface area contributed by atoms with Gasteiger partial charge in [-0.2, -0.15) is 0 Å². The molecule has 1 aromatic rings. The summed E-state index contributed by atoms with van der Waals surface area (Å²) in [6.45, 7) is 2.00. The summed E-state index contributed by atoms with van der Waals surface area (Å²) in [7, 11) is 0. The molecule has 2 rings (SSSR count). The number of aryl methyl sites for hydroxylation is 1. The lowest BCUT2D eigenvalue weighted by molar-refractivity contribution is 0.500. The van der Waals surface area contributed by atoms with Crippen molar-refractivity contribution in [1.82, 2.24) is 0 Å². The minimum Gasteiger partial charge on any atom is -0.462 e. The quantitative estimate of drug-likeness (QED) is 0.541. The Labute approximate surface area is 66.0 Å². The third-order valence-corrected chi connectivity index (χ3v) is 2.02. The van der Waals surface area contributed by atoms with Crippen molar-refractivity contribution in [2.75, 3.05) is 0 Å². The molecule has 0 fully saturated rings. The summed E-state index contributed by atoms with van der Waals surface area (Å²) < 4.78 is 5.50. The van der Waals surface area contributed by atoms with Crippen LogP contribution < -0.4 is 10.6 Å². The van der Waals surface area contributed by atoms with E-state index in [1.54, 1.807) is 0 Å². The molecule has 1 heterocycles. The van der Waals surface area contributed by atoms with Crippen LogP contribution in [-0.2, 0) is 0 Å². The second-order valence-corrected chi connectivity index (χ2v) is 3.02. The van der Waals surface area contributed by atoms with Crippen molar-refractivity contribution >= 4 is 12.2 Å². The first-order chi connectivity index (χ1) is 5.36. The maximum Gasteiger partial charge on any atom is 0.129 e. The van der Waals surface area contributed by atoms with E-state index in [0.29, 0.717) is 0 Å². The summed E-state index contributed by atoms with van der Waals surface area (Å²) in [5.74, 6) is 1.02. The summed E-state index contributed by atoms with van der Waals surface area (Å²) in [5.41, 5.74) is 1.07. The Bertz CT molecular complexity index is 323. The van der Waals surface area contributed by atoms with Gasteiger partial charge < -0.3 is 4.42 Å². The molecule has 0 atom stereocenters. The van der Waals surface area contributed by atoms with Crippen LogP contribution >= 0.6 is 0 Å². The molecule has 11 heavy (non-hydrogen) atoms. The van der Waals surface area contributed by atoms with Gasteiger partial charge in [-0.15, -0.1) is 0 Å². The Morgan fingerprint density at radius 1 is 1.27 bits per heavy atom. The molecule has 1 heteroatoms. The topological polar surface area (TPSA) is 13.1 Å². The van der Waals surface area contributed by atoms with Crippen LogP contribution in [-0.4, -0.2) is 0 Å². The van der Waals surface area contributed by atoms with Gasteiger partial charge in [0.1, 0.15) is 11.2 Å². The van der Waals surface area contributed by atoms with Crippen LogP contribution in [0.5, 0.6) is 0 Å². The molecule has 1 aliphatic carbocycles. The smallest absolute Gasteiger partial charge is 0.129 e. The molecule has 0 N–H and O–H groups in total. The minimum atomic E-state index is 1.02. The van der Waals surface area contributed by atoms with Crippen molar-refractivity contribution in [2.24, 2.45) is 0 Å². The number of furan rings is 1. The van der Waals surface area contributed by atoms with E-state index < -0.39 is 0 Å². The van der Waals surface area contributed by atoms with E-state index in [-0.39, 0.29) is 0 Å². The predicted octanol–water partition coefficient (Wildman–Crippen LogP) is 1.33. The van der Waals surface area contributed by atoms with Gasteiger partial charge in [0.05, 0.1) is 0 Å². The average molecular weight is 148 g/mol. The van der Waals surface area contributed by atoms with Gasteiger partial charge in [-0.1, -0.05) is 6.08 Å². The monoisotopic (exact) mass is 148 g/mol. The van der Waals surface area contributed by atoms with Crippen LogP contribution in [0.15, 0.2) is 10.5 Å². The van der Waals surface area contributed by atoms with Gasteiger partial charge in [-0.25, -0.2) is 0 Å². The number of hydrogen-bond acceptors (Lipinski definition) is 1. The van der Waals surface area contributed by atoms with Crippen LogP contribution in [0.2, 0.25) is 0 Å². The van der Waals surface area contributed by atoms with E-state index in [2.05, 4.69) is 18.2 Å². The van der Waals surface area contributed by atoms with Crippen molar-refractivity contribution in [2.45, 2.75) is 26.2 Å². The van der Waals surface area contributed by atoms with Gasteiger partial charge in [-0.05, 0) is 38.3 Å². The molecular formula is C10H12O. The van der Waals surface area contributed by atoms with Crippen LogP contribution in [0, 0.1) is 6.92 Å². The second-order valence-electron chi connectivity index (χ2n) is 3.02. The van der Waals surface area contributed by atoms with E-state index >= 15 is 0 Å². The van der Waals surface area contributed by atoms with Gasteiger partial charge in [0.25, 0.3) is 0 Å². The first-order valence-corrected chi connectivity index (χ1v) is 4.13. The van der Waals surface area contributed by atoms with E-state index in [9.17, 15) is 0 Å². The molecule has 0 bridgehead atoms. The predicted molar refractivity (Wildman–Crippen MR) is 45.5 cm³/mol. The fourth-order valence-corrected chi connectivity index (χ4v) is 1.48. The molecule has 1 aliphatic rings.